The standard InChI is InChI=1S/C17H17N3OS/c21-17(20-11-2-1-3-12-20)15-14(19-9-4-5-10-19)13-7-6-8-18-16(13)22-15/h4-10H,1-3,11-12H2. The van der Waals surface area contributed by atoms with Gasteiger partial charge in [0.15, 0.2) is 0 Å². The number of thiophene rings is 1. The minimum Gasteiger partial charge on any atom is -0.338 e. The monoisotopic (exact) mass is 311 g/mol. The normalized spacial score (nSPS) is 15.4. The Kier molecular flexibility index (Phi) is 3.42. The molecule has 1 aliphatic heterocycles. The lowest BCUT2D eigenvalue weighted by atomic mass is 10.1. The zero-order valence-electron chi connectivity index (χ0n) is 12.2. The number of pyridine rings is 1. The predicted octanol–water partition coefficient (Wildman–Crippen LogP) is 3.71. The molecule has 1 fully saturated rings. The lowest BCUT2D eigenvalue weighted by molar-refractivity contribution is 0.0729. The molecule has 4 nitrogen and oxygen atoms in total. The summed E-state index contributed by atoms with van der Waals surface area (Å²) in [6.45, 7) is 1.73. The first-order valence-electron chi connectivity index (χ1n) is 7.65. The van der Waals surface area contributed by atoms with E-state index in [9.17, 15) is 4.79 Å². The molecule has 4 heterocycles. The predicted molar refractivity (Wildman–Crippen MR) is 88.7 cm³/mol. The number of carbonyl (C=O) groups is 1. The average molecular weight is 311 g/mol. The number of piperidine rings is 1. The first-order valence-corrected chi connectivity index (χ1v) is 8.46. The van der Waals surface area contributed by atoms with Crippen molar-refractivity contribution in [1.29, 1.82) is 0 Å². The van der Waals surface area contributed by atoms with Crippen LogP contribution in [0, 0.1) is 0 Å². The van der Waals surface area contributed by atoms with Gasteiger partial charge in [-0.25, -0.2) is 4.98 Å². The van der Waals surface area contributed by atoms with Crippen molar-refractivity contribution in [2.75, 3.05) is 13.1 Å². The van der Waals surface area contributed by atoms with E-state index in [0.29, 0.717) is 0 Å². The van der Waals surface area contributed by atoms with Gasteiger partial charge in [-0.1, -0.05) is 0 Å². The molecular formula is C17H17N3OS. The summed E-state index contributed by atoms with van der Waals surface area (Å²) in [6, 6.07) is 7.93. The van der Waals surface area contributed by atoms with Crippen molar-refractivity contribution in [2.24, 2.45) is 0 Å². The third-order valence-corrected chi connectivity index (χ3v) is 5.23. The molecule has 0 atom stereocenters. The van der Waals surface area contributed by atoms with Crippen molar-refractivity contribution in [3.05, 3.63) is 47.7 Å². The fourth-order valence-electron chi connectivity index (χ4n) is 3.05. The van der Waals surface area contributed by atoms with Gasteiger partial charge in [0.05, 0.1) is 5.69 Å². The highest BCUT2D eigenvalue weighted by Gasteiger charge is 2.25. The largest absolute Gasteiger partial charge is 0.338 e. The van der Waals surface area contributed by atoms with E-state index >= 15 is 0 Å². The van der Waals surface area contributed by atoms with Crippen LogP contribution < -0.4 is 0 Å². The molecule has 0 radical (unpaired) electrons. The number of rotatable bonds is 2. The van der Waals surface area contributed by atoms with Crippen LogP contribution in [0.25, 0.3) is 15.9 Å². The third kappa shape index (κ3) is 2.22. The van der Waals surface area contributed by atoms with E-state index in [0.717, 1.165) is 46.7 Å². The van der Waals surface area contributed by atoms with Gasteiger partial charge in [-0.2, -0.15) is 0 Å². The Morgan fingerprint density at radius 3 is 2.64 bits per heavy atom. The summed E-state index contributed by atoms with van der Waals surface area (Å²) in [5.41, 5.74) is 0.966. The number of fused-ring (bicyclic) bond motifs is 1. The SMILES string of the molecule is O=C(c1sc2ncccc2c1-n1cccc1)N1CCCCC1. The van der Waals surface area contributed by atoms with Crippen molar-refractivity contribution in [3.63, 3.8) is 0 Å². The number of nitrogens with zero attached hydrogens (tertiary/aromatic N) is 3. The fourth-order valence-corrected chi connectivity index (χ4v) is 4.16. The summed E-state index contributed by atoms with van der Waals surface area (Å²) in [6.07, 6.45) is 9.19. The molecule has 0 aliphatic carbocycles. The van der Waals surface area contributed by atoms with E-state index in [-0.39, 0.29) is 5.91 Å². The Morgan fingerprint density at radius 2 is 1.86 bits per heavy atom. The Bertz CT molecular complexity index is 801. The number of amides is 1. The number of hydrogen-bond donors (Lipinski definition) is 0. The summed E-state index contributed by atoms with van der Waals surface area (Å²) in [5, 5.41) is 1.05. The second kappa shape index (κ2) is 5.57. The van der Waals surface area contributed by atoms with Crippen molar-refractivity contribution in [3.8, 4) is 5.69 Å². The molecule has 22 heavy (non-hydrogen) atoms. The van der Waals surface area contributed by atoms with Crippen LogP contribution in [-0.2, 0) is 0 Å². The summed E-state index contributed by atoms with van der Waals surface area (Å²) >= 11 is 1.50. The molecule has 5 heteroatoms. The number of hydrogen-bond acceptors (Lipinski definition) is 3. The highest BCUT2D eigenvalue weighted by Crippen LogP contribution is 2.34. The highest BCUT2D eigenvalue weighted by molar-refractivity contribution is 7.21. The molecule has 0 N–H and O–H groups in total. The molecule has 0 saturated carbocycles. The average Bonchev–Trinajstić information content (AvgIpc) is 3.21. The number of carbonyl (C=O) groups excluding carboxylic acids is 1. The fraction of sp³-hybridized carbons (Fsp3) is 0.294. The Labute approximate surface area is 133 Å². The number of aromatic nitrogens is 2. The van der Waals surface area contributed by atoms with Gasteiger partial charge in [0.1, 0.15) is 9.71 Å². The molecule has 0 unspecified atom stereocenters. The summed E-state index contributed by atoms with van der Waals surface area (Å²) < 4.78 is 2.03. The van der Waals surface area contributed by atoms with Gasteiger partial charge in [0.2, 0.25) is 0 Å². The van der Waals surface area contributed by atoms with Crippen LogP contribution in [0.3, 0.4) is 0 Å². The van der Waals surface area contributed by atoms with Gasteiger partial charge in [0.25, 0.3) is 5.91 Å². The van der Waals surface area contributed by atoms with Crippen molar-refractivity contribution in [1.82, 2.24) is 14.5 Å². The maximum absolute atomic E-state index is 13.0. The molecule has 1 saturated heterocycles. The second-order valence-corrected chi connectivity index (χ2v) is 6.58. The van der Waals surface area contributed by atoms with Crippen LogP contribution in [-0.4, -0.2) is 33.4 Å². The molecule has 4 rings (SSSR count). The zero-order chi connectivity index (χ0) is 14.9. The second-order valence-electron chi connectivity index (χ2n) is 5.58. The molecule has 0 aromatic carbocycles. The van der Waals surface area contributed by atoms with Crippen LogP contribution in [0.4, 0.5) is 0 Å². The lowest BCUT2D eigenvalue weighted by Gasteiger charge is -2.26. The van der Waals surface area contributed by atoms with Gasteiger partial charge in [-0.05, 0) is 43.5 Å². The molecule has 3 aromatic heterocycles. The minimum atomic E-state index is 0.145. The van der Waals surface area contributed by atoms with Crippen molar-refractivity contribution in [2.45, 2.75) is 19.3 Å². The Balaban J connectivity index is 1.86. The topological polar surface area (TPSA) is 38.1 Å². The maximum atomic E-state index is 13.0. The Morgan fingerprint density at radius 1 is 1.09 bits per heavy atom. The van der Waals surface area contributed by atoms with E-state index in [1.807, 2.05) is 46.1 Å². The van der Waals surface area contributed by atoms with E-state index in [1.54, 1.807) is 6.20 Å². The van der Waals surface area contributed by atoms with Crippen LogP contribution in [0.2, 0.25) is 0 Å². The van der Waals surface area contributed by atoms with Gasteiger partial charge in [-0.15, -0.1) is 11.3 Å². The van der Waals surface area contributed by atoms with E-state index < -0.39 is 0 Å². The van der Waals surface area contributed by atoms with E-state index in [2.05, 4.69) is 4.98 Å². The van der Waals surface area contributed by atoms with Crippen LogP contribution >= 0.6 is 11.3 Å². The first-order chi connectivity index (χ1) is 10.8. The Hall–Kier alpha value is -2.14. The quantitative estimate of drug-likeness (QED) is 0.723. The molecule has 3 aromatic rings. The smallest absolute Gasteiger partial charge is 0.266 e. The lowest BCUT2D eigenvalue weighted by Crippen LogP contribution is -2.35. The van der Waals surface area contributed by atoms with Gasteiger partial charge < -0.3 is 9.47 Å². The van der Waals surface area contributed by atoms with Gasteiger partial charge in [-0.3, -0.25) is 4.79 Å². The van der Waals surface area contributed by atoms with E-state index in [1.165, 1.54) is 17.8 Å². The van der Waals surface area contributed by atoms with E-state index in [4.69, 9.17) is 0 Å². The highest BCUT2D eigenvalue weighted by atomic mass is 32.1. The number of likely N-dealkylation sites (tertiary alicyclic amines) is 1. The van der Waals surface area contributed by atoms with Gasteiger partial charge >= 0.3 is 0 Å². The maximum Gasteiger partial charge on any atom is 0.266 e. The summed E-state index contributed by atoms with van der Waals surface area (Å²) in [5.74, 6) is 0.145. The van der Waals surface area contributed by atoms with Crippen LogP contribution in [0.1, 0.15) is 28.9 Å². The summed E-state index contributed by atoms with van der Waals surface area (Å²) in [7, 11) is 0. The van der Waals surface area contributed by atoms with Crippen LogP contribution in [0.5, 0.6) is 0 Å². The molecule has 1 amide bonds. The summed E-state index contributed by atoms with van der Waals surface area (Å²) in [4.78, 5) is 21.1. The third-order valence-electron chi connectivity index (χ3n) is 4.14. The molecule has 0 spiro atoms. The van der Waals surface area contributed by atoms with Crippen LogP contribution in [0.15, 0.2) is 42.9 Å². The molecule has 1 aliphatic rings. The first kappa shape index (κ1) is 13.5. The van der Waals surface area contributed by atoms with Crippen molar-refractivity contribution < 1.29 is 4.79 Å². The molecule has 0 bridgehead atoms. The van der Waals surface area contributed by atoms with Crippen molar-refractivity contribution >= 4 is 27.5 Å². The minimum absolute atomic E-state index is 0.145. The van der Waals surface area contributed by atoms with Gasteiger partial charge in [0, 0.05) is 37.1 Å². The zero-order valence-corrected chi connectivity index (χ0v) is 13.1. The molecule has 112 valence electrons. The molecular weight excluding hydrogens is 294 g/mol.